The minimum Gasteiger partial charge on any atom is -0.458 e. The summed E-state index contributed by atoms with van der Waals surface area (Å²) in [6.45, 7) is 9.83. The fourth-order valence-electron chi connectivity index (χ4n) is 2.24. The highest BCUT2D eigenvalue weighted by Crippen LogP contribution is 2.29. The van der Waals surface area contributed by atoms with Crippen molar-refractivity contribution in [3.8, 4) is 0 Å². The van der Waals surface area contributed by atoms with Crippen LogP contribution in [0, 0.1) is 0 Å². The van der Waals surface area contributed by atoms with Gasteiger partial charge in [0.15, 0.2) is 0 Å². The van der Waals surface area contributed by atoms with E-state index in [4.69, 9.17) is 9.47 Å². The smallest absolute Gasteiger partial charge is 0.416 e. The first-order valence-corrected chi connectivity index (χ1v) is 8.47. The number of alkyl halides is 3. The lowest BCUT2D eigenvalue weighted by Crippen LogP contribution is -2.45. The Kier molecular flexibility index (Phi) is 6.91. The van der Waals surface area contributed by atoms with Crippen molar-refractivity contribution in [1.82, 2.24) is 5.32 Å². The largest absolute Gasteiger partial charge is 0.458 e. The van der Waals surface area contributed by atoms with Gasteiger partial charge < -0.3 is 14.8 Å². The molecule has 152 valence electrons. The first kappa shape index (κ1) is 22.8. The van der Waals surface area contributed by atoms with Gasteiger partial charge in [-0.25, -0.2) is 9.59 Å². The molecule has 0 aliphatic rings. The number of hydrogen-bond acceptors (Lipinski definition) is 4. The molecule has 0 aliphatic heterocycles. The zero-order chi connectivity index (χ0) is 21.0. The van der Waals surface area contributed by atoms with Crippen molar-refractivity contribution in [2.24, 2.45) is 0 Å². The quantitative estimate of drug-likeness (QED) is 0.754. The van der Waals surface area contributed by atoms with Gasteiger partial charge in [0, 0.05) is 6.42 Å². The number of halogens is 3. The lowest BCUT2D eigenvalue weighted by atomic mass is 9.97. The second-order valence-corrected chi connectivity index (χ2v) is 7.92. The maximum atomic E-state index is 12.6. The molecule has 0 aromatic heterocycles. The third-order valence-electron chi connectivity index (χ3n) is 3.37. The van der Waals surface area contributed by atoms with E-state index < -0.39 is 41.0 Å². The van der Waals surface area contributed by atoms with Crippen LogP contribution in [0.15, 0.2) is 24.3 Å². The summed E-state index contributed by atoms with van der Waals surface area (Å²) in [5, 5.41) is 2.39. The molecular weight excluding hydrogens is 363 g/mol. The summed E-state index contributed by atoms with van der Waals surface area (Å²) in [6, 6.07) is 3.73. The molecule has 0 saturated heterocycles. The fraction of sp³-hybridized carbons (Fsp3) is 0.579. The van der Waals surface area contributed by atoms with E-state index in [1.165, 1.54) is 19.1 Å². The Morgan fingerprint density at radius 1 is 1.00 bits per heavy atom. The number of ether oxygens (including phenoxy) is 2. The topological polar surface area (TPSA) is 64.6 Å². The van der Waals surface area contributed by atoms with E-state index >= 15 is 0 Å². The molecule has 27 heavy (non-hydrogen) atoms. The molecule has 1 rings (SSSR count). The SMILES string of the molecule is CC(NC(=O)OC(C)(C)C)C(=O)OC(C)(C)Cc1ccc(C(F)(F)F)cc1. The summed E-state index contributed by atoms with van der Waals surface area (Å²) < 4.78 is 48.3. The average molecular weight is 389 g/mol. The second kappa shape index (κ2) is 8.19. The molecule has 0 saturated carbocycles. The summed E-state index contributed by atoms with van der Waals surface area (Å²) in [5.74, 6) is -0.669. The van der Waals surface area contributed by atoms with Crippen molar-refractivity contribution < 1.29 is 32.2 Å². The maximum absolute atomic E-state index is 12.6. The molecule has 0 heterocycles. The number of esters is 1. The maximum Gasteiger partial charge on any atom is 0.416 e. The second-order valence-electron chi connectivity index (χ2n) is 7.92. The standard InChI is InChI=1S/C19H26F3NO4/c1-12(23-16(25)27-17(2,3)4)15(24)26-18(5,6)11-13-7-9-14(10-8-13)19(20,21)22/h7-10,12H,11H2,1-6H3,(H,23,25). The first-order chi connectivity index (χ1) is 12.1. The highest BCUT2D eigenvalue weighted by molar-refractivity contribution is 5.81. The summed E-state index contributed by atoms with van der Waals surface area (Å²) in [7, 11) is 0. The van der Waals surface area contributed by atoms with Gasteiger partial charge in [0.1, 0.15) is 17.2 Å². The zero-order valence-electron chi connectivity index (χ0n) is 16.4. The van der Waals surface area contributed by atoms with Crippen molar-refractivity contribution in [2.45, 2.75) is 71.4 Å². The third kappa shape index (κ3) is 8.32. The number of alkyl carbamates (subject to hydrolysis) is 1. The molecule has 0 spiro atoms. The van der Waals surface area contributed by atoms with Crippen LogP contribution in [0.5, 0.6) is 0 Å². The van der Waals surface area contributed by atoms with Crippen molar-refractivity contribution in [2.75, 3.05) is 0 Å². The van der Waals surface area contributed by atoms with Crippen LogP contribution >= 0.6 is 0 Å². The van der Waals surface area contributed by atoms with E-state index in [1.807, 2.05) is 0 Å². The molecule has 1 aromatic carbocycles. The van der Waals surface area contributed by atoms with Crippen LogP contribution in [0.4, 0.5) is 18.0 Å². The number of carbonyl (C=O) groups is 2. The summed E-state index contributed by atoms with van der Waals surface area (Å²) in [6.07, 6.45) is -4.92. The van der Waals surface area contributed by atoms with E-state index in [0.717, 1.165) is 12.1 Å². The Hall–Kier alpha value is -2.25. The van der Waals surface area contributed by atoms with Gasteiger partial charge in [0.05, 0.1) is 5.56 Å². The number of hydrogen-bond donors (Lipinski definition) is 1. The normalized spacial score (nSPS) is 13.7. The number of benzene rings is 1. The minimum absolute atomic E-state index is 0.218. The van der Waals surface area contributed by atoms with E-state index in [-0.39, 0.29) is 6.42 Å². The molecule has 1 N–H and O–H groups in total. The van der Waals surface area contributed by atoms with Gasteiger partial charge in [-0.15, -0.1) is 0 Å². The summed E-state index contributed by atoms with van der Waals surface area (Å²) in [4.78, 5) is 23.9. The molecular formula is C19H26F3NO4. The summed E-state index contributed by atoms with van der Waals surface area (Å²) in [5.41, 5.74) is -1.82. The Bertz CT molecular complexity index is 661. The molecule has 0 bridgehead atoms. The van der Waals surface area contributed by atoms with E-state index in [0.29, 0.717) is 5.56 Å². The molecule has 0 fully saturated rings. The Morgan fingerprint density at radius 3 is 1.96 bits per heavy atom. The van der Waals surface area contributed by atoms with E-state index in [1.54, 1.807) is 34.6 Å². The van der Waals surface area contributed by atoms with Crippen LogP contribution in [0.25, 0.3) is 0 Å². The van der Waals surface area contributed by atoms with Crippen LogP contribution in [-0.2, 0) is 26.9 Å². The van der Waals surface area contributed by atoms with Crippen LogP contribution < -0.4 is 5.32 Å². The van der Waals surface area contributed by atoms with Gasteiger partial charge in [0.25, 0.3) is 0 Å². The molecule has 5 nitrogen and oxygen atoms in total. The van der Waals surface area contributed by atoms with Gasteiger partial charge >= 0.3 is 18.2 Å². The van der Waals surface area contributed by atoms with Crippen LogP contribution in [0.1, 0.15) is 52.7 Å². The highest BCUT2D eigenvalue weighted by Gasteiger charge is 2.31. The van der Waals surface area contributed by atoms with Crippen molar-refractivity contribution >= 4 is 12.1 Å². The lowest BCUT2D eigenvalue weighted by molar-refractivity contribution is -0.158. The fourth-order valence-corrected chi connectivity index (χ4v) is 2.24. The van der Waals surface area contributed by atoms with Crippen LogP contribution in [0.3, 0.4) is 0 Å². The first-order valence-electron chi connectivity index (χ1n) is 8.47. The molecule has 0 aliphatic carbocycles. The van der Waals surface area contributed by atoms with Crippen molar-refractivity contribution in [1.29, 1.82) is 0 Å². The Balaban J connectivity index is 2.65. The van der Waals surface area contributed by atoms with Crippen LogP contribution in [-0.4, -0.2) is 29.3 Å². The van der Waals surface area contributed by atoms with Crippen molar-refractivity contribution in [3.05, 3.63) is 35.4 Å². The number of nitrogens with one attached hydrogen (secondary N) is 1. The number of rotatable bonds is 5. The van der Waals surface area contributed by atoms with Crippen molar-refractivity contribution in [3.63, 3.8) is 0 Å². The predicted octanol–water partition coefficient (Wildman–Crippen LogP) is 4.48. The third-order valence-corrected chi connectivity index (χ3v) is 3.37. The minimum atomic E-state index is -4.40. The lowest BCUT2D eigenvalue weighted by Gasteiger charge is -2.28. The molecule has 1 aromatic rings. The van der Waals surface area contributed by atoms with Gasteiger partial charge in [-0.2, -0.15) is 13.2 Å². The molecule has 1 atom stereocenters. The summed E-state index contributed by atoms with van der Waals surface area (Å²) >= 11 is 0. The molecule has 0 radical (unpaired) electrons. The Labute approximate surface area is 157 Å². The van der Waals surface area contributed by atoms with E-state index in [2.05, 4.69) is 5.32 Å². The van der Waals surface area contributed by atoms with Crippen LogP contribution in [0.2, 0.25) is 0 Å². The van der Waals surface area contributed by atoms with Gasteiger partial charge in [-0.1, -0.05) is 12.1 Å². The molecule has 8 heteroatoms. The molecule has 1 unspecified atom stereocenters. The molecule has 1 amide bonds. The highest BCUT2D eigenvalue weighted by atomic mass is 19.4. The predicted molar refractivity (Wildman–Crippen MR) is 94.2 cm³/mol. The number of amides is 1. The van der Waals surface area contributed by atoms with Gasteiger partial charge in [-0.05, 0) is 59.2 Å². The van der Waals surface area contributed by atoms with Gasteiger partial charge in [0.2, 0.25) is 0 Å². The number of carbonyl (C=O) groups excluding carboxylic acids is 2. The van der Waals surface area contributed by atoms with E-state index in [9.17, 15) is 22.8 Å². The van der Waals surface area contributed by atoms with Gasteiger partial charge in [-0.3, -0.25) is 0 Å². The average Bonchev–Trinajstić information content (AvgIpc) is 2.43. The zero-order valence-corrected chi connectivity index (χ0v) is 16.4. The Morgan fingerprint density at radius 2 is 1.52 bits per heavy atom. The monoisotopic (exact) mass is 389 g/mol.